The highest BCUT2D eigenvalue weighted by Crippen LogP contribution is 2.30. The molecular formula is C20H21F3O3. The summed E-state index contributed by atoms with van der Waals surface area (Å²) in [5, 5.41) is 0. The van der Waals surface area contributed by atoms with E-state index in [9.17, 15) is 18.0 Å². The van der Waals surface area contributed by atoms with Crippen LogP contribution in [0.1, 0.15) is 30.5 Å². The van der Waals surface area contributed by atoms with E-state index in [1.165, 1.54) is 12.1 Å². The highest BCUT2D eigenvalue weighted by atomic mass is 19.4. The molecule has 0 heterocycles. The third-order valence-electron chi connectivity index (χ3n) is 3.69. The highest BCUT2D eigenvalue weighted by molar-refractivity contribution is 5.83. The van der Waals surface area contributed by atoms with Gasteiger partial charge < -0.3 is 9.47 Å². The van der Waals surface area contributed by atoms with Crippen LogP contribution in [-0.4, -0.2) is 19.0 Å². The van der Waals surface area contributed by atoms with Gasteiger partial charge in [-0.1, -0.05) is 18.2 Å². The number of Topliss-reactive ketones (excluding diaryl/α,β-unsaturated/α-hetero) is 1. The summed E-state index contributed by atoms with van der Waals surface area (Å²) >= 11 is 0. The van der Waals surface area contributed by atoms with Crippen LogP contribution in [0, 0.1) is 0 Å². The molecule has 0 saturated carbocycles. The van der Waals surface area contributed by atoms with Crippen molar-refractivity contribution in [1.29, 1.82) is 0 Å². The Kier molecular flexibility index (Phi) is 6.66. The summed E-state index contributed by atoms with van der Waals surface area (Å²) in [6.07, 6.45) is -4.12. The lowest BCUT2D eigenvalue weighted by atomic mass is 10.0. The van der Waals surface area contributed by atoms with Crippen LogP contribution in [-0.2, 0) is 23.8 Å². The predicted octanol–water partition coefficient (Wildman–Crippen LogP) is 4.86. The first-order valence-electron chi connectivity index (χ1n) is 8.39. The molecule has 0 amide bonds. The average Bonchev–Trinajstić information content (AvgIpc) is 2.57. The zero-order valence-electron chi connectivity index (χ0n) is 14.7. The molecule has 0 N–H and O–H groups in total. The van der Waals surface area contributed by atoms with Gasteiger partial charge in [-0.05, 0) is 49.2 Å². The summed E-state index contributed by atoms with van der Waals surface area (Å²) in [7, 11) is 0. The van der Waals surface area contributed by atoms with E-state index in [-0.39, 0.29) is 18.6 Å². The fourth-order valence-electron chi connectivity index (χ4n) is 2.53. The smallest absolute Gasteiger partial charge is 0.416 e. The predicted molar refractivity (Wildman–Crippen MR) is 92.6 cm³/mol. The van der Waals surface area contributed by atoms with E-state index in [1.54, 1.807) is 18.2 Å². The molecule has 0 spiro atoms. The van der Waals surface area contributed by atoms with Gasteiger partial charge in [-0.2, -0.15) is 13.2 Å². The number of benzene rings is 2. The molecule has 2 aromatic carbocycles. The van der Waals surface area contributed by atoms with Crippen LogP contribution in [0.3, 0.4) is 0 Å². The number of ether oxygens (including phenoxy) is 2. The average molecular weight is 366 g/mol. The van der Waals surface area contributed by atoms with Crippen molar-refractivity contribution in [3.05, 3.63) is 59.2 Å². The summed E-state index contributed by atoms with van der Waals surface area (Å²) in [6, 6.07) is 9.97. The fourth-order valence-corrected chi connectivity index (χ4v) is 2.53. The van der Waals surface area contributed by atoms with E-state index in [2.05, 4.69) is 0 Å². The second kappa shape index (κ2) is 8.74. The maximum Gasteiger partial charge on any atom is 0.416 e. The van der Waals surface area contributed by atoms with Gasteiger partial charge in [-0.3, -0.25) is 4.79 Å². The molecule has 0 aliphatic rings. The van der Waals surface area contributed by atoms with E-state index in [4.69, 9.17) is 9.47 Å². The minimum Gasteiger partial charge on any atom is -0.490 e. The lowest BCUT2D eigenvalue weighted by Gasteiger charge is -2.12. The molecule has 6 heteroatoms. The van der Waals surface area contributed by atoms with Gasteiger partial charge >= 0.3 is 6.18 Å². The molecule has 0 fully saturated rings. The van der Waals surface area contributed by atoms with Gasteiger partial charge in [0.2, 0.25) is 0 Å². The van der Waals surface area contributed by atoms with Crippen LogP contribution < -0.4 is 9.47 Å². The van der Waals surface area contributed by atoms with Crippen LogP contribution in [0.15, 0.2) is 42.5 Å². The van der Waals surface area contributed by atoms with Gasteiger partial charge in [-0.25, -0.2) is 0 Å². The molecule has 0 atom stereocenters. The SMILES string of the molecule is CCOc1ccc(CC(=O)Cc2ccc(C(F)(F)F)cc2)cc1OCC. The van der Waals surface area contributed by atoms with Gasteiger partial charge in [0.1, 0.15) is 5.78 Å². The number of carbonyl (C=O) groups is 1. The van der Waals surface area contributed by atoms with E-state index < -0.39 is 11.7 Å². The van der Waals surface area contributed by atoms with E-state index in [1.807, 2.05) is 13.8 Å². The minimum absolute atomic E-state index is 0.0787. The van der Waals surface area contributed by atoms with Crippen molar-refractivity contribution in [2.45, 2.75) is 32.9 Å². The Hall–Kier alpha value is -2.50. The van der Waals surface area contributed by atoms with E-state index in [0.29, 0.717) is 30.3 Å². The van der Waals surface area contributed by atoms with Crippen LogP contribution in [0.2, 0.25) is 0 Å². The number of carbonyl (C=O) groups excluding carboxylic acids is 1. The van der Waals surface area contributed by atoms with E-state index >= 15 is 0 Å². The Balaban J connectivity index is 2.04. The standard InChI is InChI=1S/C20H21F3O3/c1-3-25-18-10-7-15(13-19(18)26-4-2)12-17(24)11-14-5-8-16(9-6-14)20(21,22)23/h5-10,13H,3-4,11-12H2,1-2H3. The van der Waals surface area contributed by atoms with Crippen molar-refractivity contribution < 1.29 is 27.4 Å². The number of halogens is 3. The van der Waals surface area contributed by atoms with Crippen molar-refractivity contribution >= 4 is 5.78 Å². The summed E-state index contributed by atoms with van der Waals surface area (Å²) in [4.78, 5) is 12.2. The quantitative estimate of drug-likeness (QED) is 0.669. The van der Waals surface area contributed by atoms with Crippen molar-refractivity contribution in [1.82, 2.24) is 0 Å². The maximum atomic E-state index is 12.6. The topological polar surface area (TPSA) is 35.5 Å². The fraction of sp³-hybridized carbons (Fsp3) is 0.350. The molecule has 0 saturated heterocycles. The normalized spacial score (nSPS) is 11.3. The number of alkyl halides is 3. The number of hydrogen-bond acceptors (Lipinski definition) is 3. The monoisotopic (exact) mass is 366 g/mol. The molecule has 0 unspecified atom stereocenters. The van der Waals surface area contributed by atoms with Crippen LogP contribution in [0.5, 0.6) is 11.5 Å². The lowest BCUT2D eigenvalue weighted by molar-refractivity contribution is -0.137. The molecule has 2 rings (SSSR count). The van der Waals surface area contributed by atoms with Crippen molar-refractivity contribution in [2.24, 2.45) is 0 Å². The summed E-state index contributed by atoms with van der Waals surface area (Å²) in [5.74, 6) is 1.11. The first kappa shape index (κ1) is 19.8. The third-order valence-corrected chi connectivity index (χ3v) is 3.69. The number of rotatable bonds is 8. The second-order valence-electron chi connectivity index (χ2n) is 5.73. The Bertz CT molecular complexity index is 737. The Morgan fingerprint density at radius 2 is 1.38 bits per heavy atom. The first-order chi connectivity index (χ1) is 12.3. The molecule has 3 nitrogen and oxygen atoms in total. The minimum atomic E-state index is -4.37. The lowest BCUT2D eigenvalue weighted by Crippen LogP contribution is -2.08. The highest BCUT2D eigenvalue weighted by Gasteiger charge is 2.29. The second-order valence-corrected chi connectivity index (χ2v) is 5.73. The Morgan fingerprint density at radius 3 is 1.96 bits per heavy atom. The van der Waals surface area contributed by atoms with Gasteiger partial charge in [0, 0.05) is 12.8 Å². The molecule has 140 valence electrons. The van der Waals surface area contributed by atoms with E-state index in [0.717, 1.165) is 17.7 Å². The van der Waals surface area contributed by atoms with Gasteiger partial charge in [-0.15, -0.1) is 0 Å². The summed E-state index contributed by atoms with van der Waals surface area (Å²) in [6.45, 7) is 4.71. The maximum absolute atomic E-state index is 12.6. The molecule has 26 heavy (non-hydrogen) atoms. The molecule has 0 bridgehead atoms. The molecular weight excluding hydrogens is 345 g/mol. The summed E-state index contributed by atoms with van der Waals surface area (Å²) in [5.41, 5.74) is 0.606. The molecule has 0 aliphatic carbocycles. The van der Waals surface area contributed by atoms with Gasteiger partial charge in [0.25, 0.3) is 0 Å². The Morgan fingerprint density at radius 1 is 0.846 bits per heavy atom. The van der Waals surface area contributed by atoms with Crippen LogP contribution in [0.25, 0.3) is 0 Å². The van der Waals surface area contributed by atoms with Crippen LogP contribution >= 0.6 is 0 Å². The van der Waals surface area contributed by atoms with Crippen molar-refractivity contribution in [3.63, 3.8) is 0 Å². The molecule has 0 aromatic heterocycles. The van der Waals surface area contributed by atoms with Crippen LogP contribution in [0.4, 0.5) is 13.2 Å². The van der Waals surface area contributed by atoms with Gasteiger partial charge in [0.05, 0.1) is 18.8 Å². The van der Waals surface area contributed by atoms with Crippen molar-refractivity contribution in [2.75, 3.05) is 13.2 Å². The summed E-state index contributed by atoms with van der Waals surface area (Å²) < 4.78 is 48.7. The Labute approximate surface area is 150 Å². The number of hydrogen-bond donors (Lipinski definition) is 0. The zero-order chi connectivity index (χ0) is 19.2. The first-order valence-corrected chi connectivity index (χ1v) is 8.39. The largest absolute Gasteiger partial charge is 0.490 e. The van der Waals surface area contributed by atoms with Crippen molar-refractivity contribution in [3.8, 4) is 11.5 Å². The zero-order valence-corrected chi connectivity index (χ0v) is 14.7. The molecule has 0 aliphatic heterocycles. The third kappa shape index (κ3) is 5.51. The molecule has 0 radical (unpaired) electrons. The van der Waals surface area contributed by atoms with Gasteiger partial charge in [0.15, 0.2) is 11.5 Å². The molecule has 2 aromatic rings. The number of ketones is 1.